The second kappa shape index (κ2) is 11.6. The van der Waals surface area contributed by atoms with Gasteiger partial charge in [-0.3, -0.25) is 4.79 Å². The monoisotopic (exact) mass is 520 g/mol. The number of hydrogen-bond donors (Lipinski definition) is 0. The number of ether oxygens (including phenoxy) is 3. The molecule has 3 fully saturated rings. The second-order valence-corrected chi connectivity index (χ2v) is 11.3. The summed E-state index contributed by atoms with van der Waals surface area (Å²) in [7, 11) is 0. The Balaban J connectivity index is 1.44. The largest absolute Gasteiger partial charge is 0.459 e. The number of rotatable bonds is 10. The molecule has 3 saturated heterocycles. The molecule has 2 aromatic rings. The number of unbranched alkanes of at least 4 members (excludes halogenated alkanes) is 1. The average molecular weight is 521 g/mol. The number of esters is 2. The Morgan fingerprint density at radius 1 is 0.921 bits per heavy atom. The molecule has 3 unspecified atom stereocenters. The smallest absolute Gasteiger partial charge is 0.348 e. The number of benzene rings is 2. The maximum absolute atomic E-state index is 14.4. The van der Waals surface area contributed by atoms with Gasteiger partial charge in [-0.15, -0.1) is 0 Å². The van der Waals surface area contributed by atoms with Crippen molar-refractivity contribution in [3.05, 3.63) is 71.8 Å². The Morgan fingerprint density at radius 2 is 1.47 bits per heavy atom. The van der Waals surface area contributed by atoms with Crippen LogP contribution in [0.1, 0.15) is 82.8 Å². The summed E-state index contributed by atoms with van der Waals surface area (Å²) in [6, 6.07) is 20.1. The molecule has 5 rings (SSSR count). The van der Waals surface area contributed by atoms with Crippen LogP contribution >= 0.6 is 0 Å². The minimum atomic E-state index is -1.55. The van der Waals surface area contributed by atoms with Gasteiger partial charge in [0.25, 0.3) is 0 Å². The molecule has 204 valence electrons. The van der Waals surface area contributed by atoms with Gasteiger partial charge in [0, 0.05) is 44.9 Å². The first-order valence-electron chi connectivity index (χ1n) is 14.5. The van der Waals surface area contributed by atoms with Gasteiger partial charge >= 0.3 is 11.9 Å². The van der Waals surface area contributed by atoms with Crippen LogP contribution in [-0.2, 0) is 29.4 Å². The lowest BCUT2D eigenvalue weighted by molar-refractivity contribution is -0.956. The van der Waals surface area contributed by atoms with Crippen molar-refractivity contribution in [2.75, 3.05) is 13.1 Å². The molecule has 3 aliphatic heterocycles. The second-order valence-electron chi connectivity index (χ2n) is 11.3. The van der Waals surface area contributed by atoms with E-state index >= 15 is 0 Å². The first-order valence-corrected chi connectivity index (χ1v) is 14.5. The van der Waals surface area contributed by atoms with Crippen molar-refractivity contribution in [3.8, 4) is 0 Å². The molecule has 1 spiro atoms. The predicted molar refractivity (Wildman–Crippen MR) is 145 cm³/mol. The van der Waals surface area contributed by atoms with Gasteiger partial charge in [-0.25, -0.2) is 4.79 Å². The summed E-state index contributed by atoms with van der Waals surface area (Å²) in [5.74, 6) is -0.767. The number of carbonyl (C=O) groups is 2. The Hall–Kier alpha value is -2.70. The third-order valence-electron chi connectivity index (χ3n) is 9.05. The number of piperidine rings is 1. The highest BCUT2D eigenvalue weighted by Gasteiger charge is 2.57. The molecule has 2 bridgehead atoms. The van der Waals surface area contributed by atoms with Crippen molar-refractivity contribution in [1.29, 1.82) is 0 Å². The number of nitrogens with zero attached hydrogens (tertiary/aromatic N) is 1. The van der Waals surface area contributed by atoms with Gasteiger partial charge in [-0.2, -0.15) is 0 Å². The summed E-state index contributed by atoms with van der Waals surface area (Å²) in [4.78, 5) is 26.8. The van der Waals surface area contributed by atoms with Gasteiger partial charge in [0.2, 0.25) is 11.9 Å². The quantitative estimate of drug-likeness (QED) is 0.223. The fourth-order valence-corrected chi connectivity index (χ4v) is 7.31. The van der Waals surface area contributed by atoms with E-state index < -0.39 is 17.9 Å². The molecule has 3 aliphatic rings. The molecule has 6 nitrogen and oxygen atoms in total. The van der Waals surface area contributed by atoms with Crippen LogP contribution in [0.15, 0.2) is 60.7 Å². The summed E-state index contributed by atoms with van der Waals surface area (Å²) in [6.45, 7) is 6.26. The first-order chi connectivity index (χ1) is 18.5. The molecule has 3 atom stereocenters. The molecule has 6 heteroatoms. The van der Waals surface area contributed by atoms with Crippen LogP contribution in [-0.4, -0.2) is 54.0 Å². The van der Waals surface area contributed by atoms with Gasteiger partial charge in [0.1, 0.15) is 6.10 Å². The van der Waals surface area contributed by atoms with Crippen molar-refractivity contribution in [1.82, 2.24) is 0 Å². The van der Waals surface area contributed by atoms with Crippen LogP contribution in [0.25, 0.3) is 0 Å². The van der Waals surface area contributed by atoms with E-state index in [2.05, 4.69) is 0 Å². The van der Waals surface area contributed by atoms with Crippen molar-refractivity contribution >= 4 is 11.9 Å². The van der Waals surface area contributed by atoms with Gasteiger partial charge in [0.15, 0.2) is 0 Å². The Morgan fingerprint density at radius 3 is 2.00 bits per heavy atom. The van der Waals surface area contributed by atoms with E-state index in [4.69, 9.17) is 14.2 Å². The van der Waals surface area contributed by atoms with E-state index in [0.717, 1.165) is 25.7 Å². The third kappa shape index (κ3) is 5.13. The van der Waals surface area contributed by atoms with Gasteiger partial charge in [-0.1, -0.05) is 74.0 Å². The van der Waals surface area contributed by atoms with Crippen LogP contribution in [0.5, 0.6) is 0 Å². The number of quaternary nitrogens is 1. The lowest BCUT2D eigenvalue weighted by atomic mass is 9.85. The molecule has 0 aliphatic carbocycles. The zero-order valence-electron chi connectivity index (χ0n) is 22.8. The van der Waals surface area contributed by atoms with Crippen molar-refractivity contribution in [2.45, 2.75) is 102 Å². The molecular weight excluding hydrogens is 478 g/mol. The van der Waals surface area contributed by atoms with E-state index in [9.17, 15) is 9.59 Å². The van der Waals surface area contributed by atoms with E-state index in [0.29, 0.717) is 29.6 Å². The lowest BCUT2D eigenvalue weighted by Crippen LogP contribution is -2.60. The Kier molecular flexibility index (Phi) is 8.20. The number of hydrogen-bond acceptors (Lipinski definition) is 5. The summed E-state index contributed by atoms with van der Waals surface area (Å²) < 4.78 is 19.8. The first kappa shape index (κ1) is 26.9. The fourth-order valence-electron chi connectivity index (χ4n) is 7.31. The van der Waals surface area contributed by atoms with E-state index in [1.807, 2.05) is 67.6 Å². The molecule has 3 heterocycles. The van der Waals surface area contributed by atoms with Crippen LogP contribution < -0.4 is 0 Å². The standard InChI is InChI=1S/C32H42NO5/c1-3-4-17-30(34)36-24(2)38-32(25-13-7-5-8-14-25,26-15-9-6-10-16-26)31(35)37-29-22-27-18-19-28(23-29)33(27)20-11-12-21-33/h5-10,13-16,24,27-29H,3-4,11-12,17-23H2,1-2H3/q+1. The number of carbonyl (C=O) groups excluding carboxylic acids is 2. The van der Waals surface area contributed by atoms with Gasteiger partial charge in [-0.05, 0) is 24.5 Å². The Labute approximate surface area is 226 Å². The average Bonchev–Trinajstić information content (AvgIpc) is 3.48. The van der Waals surface area contributed by atoms with Crippen LogP contribution in [0.3, 0.4) is 0 Å². The zero-order chi connectivity index (χ0) is 26.6. The topological polar surface area (TPSA) is 61.8 Å². The highest BCUT2D eigenvalue weighted by molar-refractivity contribution is 5.86. The van der Waals surface area contributed by atoms with Crippen LogP contribution in [0.2, 0.25) is 0 Å². The van der Waals surface area contributed by atoms with E-state index in [1.54, 1.807) is 6.92 Å². The van der Waals surface area contributed by atoms with E-state index in [-0.39, 0.29) is 12.1 Å². The molecule has 0 N–H and O–H groups in total. The zero-order valence-corrected chi connectivity index (χ0v) is 22.8. The van der Waals surface area contributed by atoms with Gasteiger partial charge in [0.05, 0.1) is 25.2 Å². The summed E-state index contributed by atoms with van der Waals surface area (Å²) >= 11 is 0. The molecule has 0 radical (unpaired) electrons. The molecule has 2 aromatic carbocycles. The molecule has 0 aromatic heterocycles. The van der Waals surface area contributed by atoms with Gasteiger partial charge < -0.3 is 18.7 Å². The molecule has 0 saturated carbocycles. The minimum absolute atomic E-state index is 0.137. The Bertz CT molecular complexity index is 1030. The summed E-state index contributed by atoms with van der Waals surface area (Å²) in [6.07, 6.45) is 7.78. The minimum Gasteiger partial charge on any atom is -0.459 e. The lowest BCUT2D eigenvalue weighted by Gasteiger charge is -2.47. The highest BCUT2D eigenvalue weighted by atomic mass is 16.7. The SMILES string of the molecule is CCCCC(=O)OC(C)OC(C(=O)OC1CC2CCC(C1)[N+]21CCCC1)(c1ccccc1)c1ccccc1. The third-order valence-corrected chi connectivity index (χ3v) is 9.05. The highest BCUT2D eigenvalue weighted by Crippen LogP contribution is 2.47. The normalized spacial score (nSPS) is 24.7. The maximum Gasteiger partial charge on any atom is 0.348 e. The molecule has 38 heavy (non-hydrogen) atoms. The van der Waals surface area contributed by atoms with Crippen molar-refractivity contribution in [2.24, 2.45) is 0 Å². The van der Waals surface area contributed by atoms with Crippen molar-refractivity contribution < 1.29 is 28.3 Å². The summed E-state index contributed by atoms with van der Waals surface area (Å²) in [5.41, 5.74) is -0.229. The van der Waals surface area contributed by atoms with Crippen molar-refractivity contribution in [3.63, 3.8) is 0 Å². The summed E-state index contributed by atoms with van der Waals surface area (Å²) in [5, 5.41) is 0. The molecule has 0 amide bonds. The van der Waals surface area contributed by atoms with Crippen LogP contribution in [0, 0.1) is 0 Å². The fraction of sp³-hybridized carbons (Fsp3) is 0.562. The van der Waals surface area contributed by atoms with E-state index in [1.165, 1.54) is 43.3 Å². The van der Waals surface area contributed by atoms with Crippen LogP contribution in [0.4, 0.5) is 0 Å². The maximum atomic E-state index is 14.4. The predicted octanol–water partition coefficient (Wildman–Crippen LogP) is 5.87. The molecular formula is C32H42NO5+.